The van der Waals surface area contributed by atoms with Crippen molar-refractivity contribution < 1.29 is 13.2 Å². The van der Waals surface area contributed by atoms with Crippen LogP contribution >= 0.6 is 0 Å². The van der Waals surface area contributed by atoms with Crippen LogP contribution < -0.4 is 0 Å². The summed E-state index contributed by atoms with van der Waals surface area (Å²) in [6, 6.07) is 1.90. The number of aromatic amines is 1. The minimum absolute atomic E-state index is 0.00255. The zero-order valence-corrected chi connectivity index (χ0v) is 14.5. The maximum Gasteiger partial charge on any atom is 0.255 e. The van der Waals surface area contributed by atoms with Gasteiger partial charge >= 0.3 is 0 Å². The monoisotopic (exact) mass is 327 g/mol. The molecule has 0 unspecified atom stereocenters. The van der Waals surface area contributed by atoms with Gasteiger partial charge in [-0.2, -0.15) is 0 Å². The molecule has 1 fully saturated rings. The van der Waals surface area contributed by atoms with Gasteiger partial charge in [-0.3, -0.25) is 4.79 Å². The van der Waals surface area contributed by atoms with E-state index < -0.39 is 10.0 Å². The summed E-state index contributed by atoms with van der Waals surface area (Å²) in [6.45, 7) is 5.05. The molecule has 0 radical (unpaired) electrons. The Balaban J connectivity index is 2.05. The third-order valence-electron chi connectivity index (χ3n) is 4.35. The van der Waals surface area contributed by atoms with Gasteiger partial charge in [-0.25, -0.2) is 12.7 Å². The van der Waals surface area contributed by atoms with Crippen LogP contribution in [0.15, 0.2) is 12.3 Å². The van der Waals surface area contributed by atoms with Gasteiger partial charge in [0, 0.05) is 38.1 Å². The molecule has 0 bridgehead atoms. The van der Waals surface area contributed by atoms with Gasteiger partial charge in [0.15, 0.2) is 0 Å². The number of carbonyl (C=O) groups is 1. The van der Waals surface area contributed by atoms with Gasteiger partial charge < -0.3 is 9.88 Å². The Hall–Kier alpha value is -1.34. The van der Waals surface area contributed by atoms with E-state index in [1.807, 2.05) is 19.9 Å². The molecule has 7 heteroatoms. The second kappa shape index (κ2) is 6.42. The third-order valence-corrected chi connectivity index (χ3v) is 5.65. The van der Waals surface area contributed by atoms with Gasteiger partial charge in [0.25, 0.3) is 5.91 Å². The van der Waals surface area contributed by atoms with Gasteiger partial charge in [-0.15, -0.1) is 0 Å². The average molecular weight is 327 g/mol. The van der Waals surface area contributed by atoms with Gasteiger partial charge in [-0.05, 0) is 24.8 Å². The maximum absolute atomic E-state index is 12.7. The molecule has 1 aliphatic heterocycles. The number of carbonyl (C=O) groups excluding carboxylic acids is 1. The van der Waals surface area contributed by atoms with Gasteiger partial charge in [-0.1, -0.05) is 13.8 Å². The number of nitrogens with zero attached hydrogens (tertiary/aromatic N) is 2. The Morgan fingerprint density at radius 3 is 2.45 bits per heavy atom. The molecule has 6 nitrogen and oxygen atoms in total. The normalized spacial score (nSPS) is 17.9. The van der Waals surface area contributed by atoms with Crippen molar-refractivity contribution in [1.82, 2.24) is 14.2 Å². The van der Waals surface area contributed by atoms with Crippen molar-refractivity contribution in [2.24, 2.45) is 0 Å². The molecule has 22 heavy (non-hydrogen) atoms. The van der Waals surface area contributed by atoms with Crippen molar-refractivity contribution in [3.05, 3.63) is 23.5 Å². The lowest BCUT2D eigenvalue weighted by Gasteiger charge is -2.35. The summed E-state index contributed by atoms with van der Waals surface area (Å²) < 4.78 is 24.6. The van der Waals surface area contributed by atoms with E-state index in [4.69, 9.17) is 0 Å². The van der Waals surface area contributed by atoms with Crippen LogP contribution in [0.4, 0.5) is 0 Å². The van der Waals surface area contributed by atoms with E-state index in [1.165, 1.54) is 10.6 Å². The SMILES string of the molecule is CC(C)c1[nH]ccc1C(=O)N(C)C1CCN(S(C)(=O)=O)CC1. The van der Waals surface area contributed by atoms with E-state index >= 15 is 0 Å². The predicted octanol–water partition coefficient (Wildman–Crippen LogP) is 1.63. The summed E-state index contributed by atoms with van der Waals surface area (Å²) in [7, 11) is -1.33. The van der Waals surface area contributed by atoms with Gasteiger partial charge in [0.2, 0.25) is 10.0 Å². The zero-order valence-electron chi connectivity index (χ0n) is 13.7. The molecule has 0 aliphatic carbocycles. The second-order valence-electron chi connectivity index (χ2n) is 6.27. The maximum atomic E-state index is 12.7. The first-order valence-electron chi connectivity index (χ1n) is 7.61. The molecule has 1 saturated heterocycles. The number of nitrogens with one attached hydrogen (secondary N) is 1. The summed E-state index contributed by atoms with van der Waals surface area (Å²) in [4.78, 5) is 17.6. The van der Waals surface area contributed by atoms with Crippen LogP contribution in [0.3, 0.4) is 0 Å². The highest BCUT2D eigenvalue weighted by Crippen LogP contribution is 2.23. The fraction of sp³-hybridized carbons (Fsp3) is 0.667. The molecule has 0 atom stereocenters. The number of H-pyrrole nitrogens is 1. The van der Waals surface area contributed by atoms with Crippen molar-refractivity contribution in [3.63, 3.8) is 0 Å². The van der Waals surface area contributed by atoms with Crippen molar-refractivity contribution in [2.75, 3.05) is 26.4 Å². The van der Waals surface area contributed by atoms with Gasteiger partial charge in [0.05, 0.1) is 11.8 Å². The lowest BCUT2D eigenvalue weighted by atomic mass is 10.0. The standard InChI is InChI=1S/C15H25N3O3S/c1-11(2)14-13(5-8-16-14)15(19)17(3)12-6-9-18(10-7-12)22(4,20)21/h5,8,11-12,16H,6-7,9-10H2,1-4H3. The van der Waals surface area contributed by atoms with E-state index in [0.29, 0.717) is 31.5 Å². The number of sulfonamides is 1. The van der Waals surface area contributed by atoms with Crippen LogP contribution in [0.5, 0.6) is 0 Å². The predicted molar refractivity (Wildman–Crippen MR) is 86.4 cm³/mol. The van der Waals surface area contributed by atoms with E-state index in [0.717, 1.165) is 5.69 Å². The highest BCUT2D eigenvalue weighted by molar-refractivity contribution is 7.88. The van der Waals surface area contributed by atoms with Gasteiger partial charge in [0.1, 0.15) is 0 Å². The zero-order chi connectivity index (χ0) is 16.5. The Labute approximate surface area is 132 Å². The lowest BCUT2D eigenvalue weighted by molar-refractivity contribution is 0.0681. The number of hydrogen-bond acceptors (Lipinski definition) is 3. The van der Waals surface area contributed by atoms with E-state index in [9.17, 15) is 13.2 Å². The lowest BCUT2D eigenvalue weighted by Crippen LogP contribution is -2.47. The summed E-state index contributed by atoms with van der Waals surface area (Å²) >= 11 is 0. The van der Waals surface area contributed by atoms with Crippen LogP contribution in [0.25, 0.3) is 0 Å². The molecular formula is C15H25N3O3S. The van der Waals surface area contributed by atoms with Crippen LogP contribution in [0.1, 0.15) is 48.7 Å². The number of hydrogen-bond donors (Lipinski definition) is 1. The second-order valence-corrected chi connectivity index (χ2v) is 8.25. The van der Waals surface area contributed by atoms with Crippen LogP contribution in [-0.2, 0) is 10.0 Å². The fourth-order valence-corrected chi connectivity index (χ4v) is 3.84. The highest BCUT2D eigenvalue weighted by atomic mass is 32.2. The van der Waals surface area contributed by atoms with Crippen molar-refractivity contribution >= 4 is 15.9 Å². The molecule has 1 aliphatic rings. The molecule has 2 heterocycles. The molecular weight excluding hydrogens is 302 g/mol. The molecule has 0 aromatic carbocycles. The number of aromatic nitrogens is 1. The largest absolute Gasteiger partial charge is 0.364 e. The number of amides is 1. The Morgan fingerprint density at radius 1 is 1.36 bits per heavy atom. The van der Waals surface area contributed by atoms with Crippen LogP contribution in [0, 0.1) is 0 Å². The quantitative estimate of drug-likeness (QED) is 0.913. The van der Waals surface area contributed by atoms with E-state index in [-0.39, 0.29) is 17.9 Å². The van der Waals surface area contributed by atoms with Crippen LogP contribution in [-0.4, -0.2) is 60.9 Å². The number of rotatable bonds is 4. The highest BCUT2D eigenvalue weighted by Gasteiger charge is 2.30. The minimum Gasteiger partial charge on any atom is -0.364 e. The molecule has 1 aromatic rings. The third kappa shape index (κ3) is 3.52. The van der Waals surface area contributed by atoms with Crippen LogP contribution in [0.2, 0.25) is 0 Å². The van der Waals surface area contributed by atoms with E-state index in [1.54, 1.807) is 18.1 Å². The summed E-state index contributed by atoms with van der Waals surface area (Å²) in [5.74, 6) is 0.261. The molecule has 124 valence electrons. The fourth-order valence-electron chi connectivity index (χ4n) is 2.96. The first-order chi connectivity index (χ1) is 10.2. The topological polar surface area (TPSA) is 73.5 Å². The average Bonchev–Trinajstić information content (AvgIpc) is 2.94. The molecule has 1 aromatic heterocycles. The Bertz CT molecular complexity index is 628. The summed E-state index contributed by atoms with van der Waals surface area (Å²) in [5.41, 5.74) is 1.66. The molecule has 0 saturated carbocycles. The first-order valence-corrected chi connectivity index (χ1v) is 9.46. The summed E-state index contributed by atoms with van der Waals surface area (Å²) in [6.07, 6.45) is 4.38. The smallest absolute Gasteiger partial charge is 0.255 e. The number of piperidine rings is 1. The van der Waals surface area contributed by atoms with Crippen molar-refractivity contribution in [2.45, 2.75) is 38.6 Å². The first kappa shape index (κ1) is 17.0. The molecule has 1 amide bonds. The molecule has 2 rings (SSSR count). The minimum atomic E-state index is -3.13. The van der Waals surface area contributed by atoms with E-state index in [2.05, 4.69) is 4.98 Å². The summed E-state index contributed by atoms with van der Waals surface area (Å²) in [5, 5.41) is 0. The van der Waals surface area contributed by atoms with Crippen molar-refractivity contribution in [3.8, 4) is 0 Å². The molecule has 0 spiro atoms. The van der Waals surface area contributed by atoms with Crippen molar-refractivity contribution in [1.29, 1.82) is 0 Å². The Morgan fingerprint density at radius 2 is 1.95 bits per heavy atom. The Kier molecular flexibility index (Phi) is 4.97. The molecule has 1 N–H and O–H groups in total.